The lowest BCUT2D eigenvalue weighted by Crippen LogP contribution is -2.63. The average Bonchev–Trinajstić information content (AvgIpc) is 2.31. The van der Waals surface area contributed by atoms with Gasteiger partial charge < -0.3 is 21.7 Å². The van der Waals surface area contributed by atoms with Gasteiger partial charge in [-0.2, -0.15) is 0 Å². The van der Waals surface area contributed by atoms with E-state index in [0.29, 0.717) is 19.3 Å². The molecule has 0 aromatic heterocycles. The van der Waals surface area contributed by atoms with Gasteiger partial charge in [0.1, 0.15) is 4.33 Å². The molecule has 0 aliphatic heterocycles. The minimum Gasteiger partial charge on any atom is -0.481 e. The Balaban J connectivity index is 3.46. The van der Waals surface area contributed by atoms with Gasteiger partial charge in [-0.1, -0.05) is 0 Å². The third kappa shape index (κ3) is 2.74. The third-order valence-electron chi connectivity index (χ3n) is 4.55. The summed E-state index contributed by atoms with van der Waals surface area (Å²) in [5.41, 5.74) is 9.34. The van der Waals surface area contributed by atoms with E-state index in [9.17, 15) is 19.8 Å². The quantitative estimate of drug-likeness (QED) is 0.543. The average molecular weight is 327 g/mol. The van der Waals surface area contributed by atoms with Crippen molar-refractivity contribution in [3.05, 3.63) is 0 Å². The predicted molar refractivity (Wildman–Crippen MR) is 75.8 cm³/mol. The van der Waals surface area contributed by atoms with Gasteiger partial charge in [-0.05, 0) is 32.4 Å². The Labute approximate surface area is 127 Å². The second-order valence-electron chi connectivity index (χ2n) is 5.47. The minimum atomic E-state index is -1.49. The molecule has 8 heteroatoms. The van der Waals surface area contributed by atoms with Gasteiger partial charge in [-0.3, -0.25) is 9.59 Å². The molecule has 20 heavy (non-hydrogen) atoms. The van der Waals surface area contributed by atoms with E-state index in [0.717, 1.165) is 0 Å². The SMILES string of the molecule is NCC1(CN)CCCC(Cl)(Cl)C1(CC(=O)O)CC(=O)O. The number of rotatable bonds is 6. The lowest BCUT2D eigenvalue weighted by Gasteiger charge is -2.57. The molecule has 0 spiro atoms. The first-order chi connectivity index (χ1) is 9.16. The molecule has 0 atom stereocenters. The molecule has 6 N–H and O–H groups in total. The summed E-state index contributed by atoms with van der Waals surface area (Å²) >= 11 is 12.7. The Kier molecular flexibility index (Phi) is 5.29. The molecular formula is C12H20Cl2N2O4. The van der Waals surface area contributed by atoms with Gasteiger partial charge in [0.2, 0.25) is 0 Å². The van der Waals surface area contributed by atoms with Crippen molar-refractivity contribution in [3.63, 3.8) is 0 Å². The van der Waals surface area contributed by atoms with Crippen LogP contribution in [0.1, 0.15) is 32.1 Å². The van der Waals surface area contributed by atoms with Crippen molar-refractivity contribution in [1.29, 1.82) is 0 Å². The number of hydrogen-bond acceptors (Lipinski definition) is 4. The van der Waals surface area contributed by atoms with Crippen LogP contribution in [0.3, 0.4) is 0 Å². The first kappa shape index (κ1) is 17.5. The maximum Gasteiger partial charge on any atom is 0.304 e. The number of carbonyl (C=O) groups is 2. The van der Waals surface area contributed by atoms with Gasteiger partial charge in [0, 0.05) is 10.8 Å². The molecule has 0 bridgehead atoms. The van der Waals surface area contributed by atoms with Crippen molar-refractivity contribution in [2.45, 2.75) is 36.4 Å². The van der Waals surface area contributed by atoms with Crippen LogP contribution in [0.2, 0.25) is 0 Å². The van der Waals surface area contributed by atoms with Crippen molar-refractivity contribution >= 4 is 35.1 Å². The molecule has 1 fully saturated rings. The van der Waals surface area contributed by atoms with Gasteiger partial charge in [0.25, 0.3) is 0 Å². The zero-order chi connectivity index (χ0) is 15.6. The van der Waals surface area contributed by atoms with Crippen LogP contribution in [0.25, 0.3) is 0 Å². The standard InChI is InChI=1S/C12H20Cl2N2O4/c13-12(14)3-1-2-10(6-15,7-16)11(12,4-8(17)18)5-9(19)20/h1-7,15-16H2,(H,17,18)(H,19,20). The Morgan fingerprint density at radius 1 is 1.00 bits per heavy atom. The van der Waals surface area contributed by atoms with Crippen LogP contribution in [0.15, 0.2) is 0 Å². The molecule has 1 aliphatic rings. The van der Waals surface area contributed by atoms with Gasteiger partial charge in [0.05, 0.1) is 12.8 Å². The topological polar surface area (TPSA) is 127 Å². The summed E-state index contributed by atoms with van der Waals surface area (Å²) in [7, 11) is 0. The Morgan fingerprint density at radius 3 is 1.80 bits per heavy atom. The largest absolute Gasteiger partial charge is 0.481 e. The van der Waals surface area contributed by atoms with Crippen LogP contribution >= 0.6 is 23.2 Å². The summed E-state index contributed by atoms with van der Waals surface area (Å²) in [6, 6.07) is 0. The molecule has 0 radical (unpaired) electrons. The first-order valence-corrected chi connectivity index (χ1v) is 7.13. The number of halogens is 2. The van der Waals surface area contributed by atoms with Gasteiger partial charge in [-0.25, -0.2) is 0 Å². The zero-order valence-corrected chi connectivity index (χ0v) is 12.6. The molecule has 0 aromatic rings. The Morgan fingerprint density at radius 2 is 1.45 bits per heavy atom. The summed E-state index contributed by atoms with van der Waals surface area (Å²) in [5, 5.41) is 18.4. The first-order valence-electron chi connectivity index (χ1n) is 6.38. The number of alkyl halides is 2. The summed E-state index contributed by atoms with van der Waals surface area (Å²) < 4.78 is -1.49. The highest BCUT2D eigenvalue weighted by Gasteiger charge is 2.64. The van der Waals surface area contributed by atoms with Crippen LogP contribution in [-0.2, 0) is 9.59 Å². The fraction of sp³-hybridized carbons (Fsp3) is 0.833. The van der Waals surface area contributed by atoms with Crippen LogP contribution in [-0.4, -0.2) is 39.6 Å². The number of carboxylic acid groups (broad SMARTS) is 2. The second-order valence-corrected chi connectivity index (χ2v) is 6.95. The monoisotopic (exact) mass is 326 g/mol. The number of aliphatic carboxylic acids is 2. The van der Waals surface area contributed by atoms with Gasteiger partial charge >= 0.3 is 11.9 Å². The van der Waals surface area contributed by atoms with E-state index in [1.54, 1.807) is 0 Å². The van der Waals surface area contributed by atoms with E-state index in [1.165, 1.54) is 0 Å². The summed E-state index contributed by atoms with van der Waals surface area (Å²) in [5.74, 6) is -2.32. The van der Waals surface area contributed by atoms with E-state index in [1.807, 2.05) is 0 Å². The molecule has 0 saturated heterocycles. The van der Waals surface area contributed by atoms with Crippen LogP contribution in [0.4, 0.5) is 0 Å². The number of hydrogen-bond donors (Lipinski definition) is 4. The predicted octanol–water partition coefficient (Wildman–Crippen LogP) is 1.18. The van der Waals surface area contributed by atoms with Crippen molar-refractivity contribution in [3.8, 4) is 0 Å². The Bertz CT molecular complexity index is 381. The molecule has 0 heterocycles. The zero-order valence-electron chi connectivity index (χ0n) is 11.1. The van der Waals surface area contributed by atoms with Crippen LogP contribution < -0.4 is 11.5 Å². The summed E-state index contributed by atoms with van der Waals surface area (Å²) in [4.78, 5) is 22.5. The van der Waals surface area contributed by atoms with E-state index < -0.39 is 39.9 Å². The normalized spacial score (nSPS) is 23.2. The summed E-state index contributed by atoms with van der Waals surface area (Å²) in [6.07, 6.45) is 0.518. The minimum absolute atomic E-state index is 0.0469. The molecule has 1 saturated carbocycles. The molecule has 0 unspecified atom stereocenters. The molecule has 1 aliphatic carbocycles. The van der Waals surface area contributed by atoms with Crippen molar-refractivity contribution < 1.29 is 19.8 Å². The number of nitrogens with two attached hydrogens (primary N) is 2. The van der Waals surface area contributed by atoms with Crippen molar-refractivity contribution in [1.82, 2.24) is 0 Å². The van der Waals surface area contributed by atoms with E-state index >= 15 is 0 Å². The molecule has 0 aromatic carbocycles. The molecule has 1 rings (SSSR count). The lowest BCUT2D eigenvalue weighted by molar-refractivity contribution is -0.152. The molecule has 116 valence electrons. The van der Waals surface area contributed by atoms with Crippen molar-refractivity contribution in [2.24, 2.45) is 22.3 Å². The van der Waals surface area contributed by atoms with Gasteiger partial charge in [-0.15, -0.1) is 23.2 Å². The molecule has 6 nitrogen and oxygen atoms in total. The van der Waals surface area contributed by atoms with Crippen LogP contribution in [0.5, 0.6) is 0 Å². The third-order valence-corrected chi connectivity index (χ3v) is 5.65. The van der Waals surface area contributed by atoms with E-state index in [2.05, 4.69) is 0 Å². The van der Waals surface area contributed by atoms with Crippen molar-refractivity contribution in [2.75, 3.05) is 13.1 Å². The summed E-state index contributed by atoms with van der Waals surface area (Å²) in [6.45, 7) is 0.0938. The maximum atomic E-state index is 11.3. The van der Waals surface area contributed by atoms with Crippen LogP contribution in [0, 0.1) is 10.8 Å². The van der Waals surface area contributed by atoms with E-state index in [4.69, 9.17) is 34.7 Å². The van der Waals surface area contributed by atoms with Gasteiger partial charge in [0.15, 0.2) is 0 Å². The maximum absolute atomic E-state index is 11.3. The smallest absolute Gasteiger partial charge is 0.304 e. The number of carboxylic acids is 2. The highest BCUT2D eigenvalue weighted by atomic mass is 35.5. The molecule has 0 amide bonds. The Hall–Kier alpha value is -0.560. The lowest BCUT2D eigenvalue weighted by atomic mass is 9.52. The highest BCUT2D eigenvalue weighted by Crippen LogP contribution is 2.63. The molecular weight excluding hydrogens is 307 g/mol. The second kappa shape index (κ2) is 6.05. The fourth-order valence-electron chi connectivity index (χ4n) is 3.41. The fourth-order valence-corrected chi connectivity index (χ4v) is 4.34. The highest BCUT2D eigenvalue weighted by molar-refractivity contribution is 6.49. The van der Waals surface area contributed by atoms with E-state index in [-0.39, 0.29) is 13.1 Å².